The quantitative estimate of drug-likeness (QED) is 0.831. The molecule has 5 nitrogen and oxygen atoms in total. The number of para-hydroxylation sites is 2. The molecule has 1 aromatic heterocycles. The van der Waals surface area contributed by atoms with Crippen LogP contribution in [0.25, 0.3) is 0 Å². The zero-order valence-electron chi connectivity index (χ0n) is 12.0. The molecule has 1 atom stereocenters. The Morgan fingerprint density at radius 2 is 2.10 bits per heavy atom. The average Bonchev–Trinajstić information content (AvgIpc) is 3.00. The van der Waals surface area contributed by atoms with Gasteiger partial charge in [0.25, 0.3) is 0 Å². The van der Waals surface area contributed by atoms with Crippen LogP contribution in [0.5, 0.6) is 11.5 Å². The van der Waals surface area contributed by atoms with Gasteiger partial charge in [0.1, 0.15) is 11.6 Å². The number of ether oxygens (including phenoxy) is 2. The summed E-state index contributed by atoms with van der Waals surface area (Å²) in [7, 11) is 0. The lowest BCUT2D eigenvalue weighted by Crippen LogP contribution is -2.21. The minimum Gasteiger partial charge on any atom is -0.485 e. The highest BCUT2D eigenvalue weighted by atomic mass is 32.1. The zero-order chi connectivity index (χ0) is 14.5. The molecule has 0 spiro atoms. The van der Waals surface area contributed by atoms with Crippen molar-refractivity contribution in [2.24, 2.45) is 0 Å². The average molecular weight is 305 g/mol. The lowest BCUT2D eigenvalue weighted by atomic mass is 10.3. The molecule has 6 heteroatoms. The zero-order valence-corrected chi connectivity index (χ0v) is 12.9. The first-order valence-corrected chi connectivity index (χ1v) is 8.10. The Bertz CT molecular complexity index is 588. The van der Waals surface area contributed by atoms with Crippen LogP contribution in [0.15, 0.2) is 24.3 Å². The highest BCUT2D eigenvalue weighted by molar-refractivity contribution is 7.11. The molecule has 1 unspecified atom stereocenters. The third-order valence-corrected chi connectivity index (χ3v) is 4.28. The standard InChI is InChI=1S/C15H19N3O2S/c1-2-8-16-9-7-14-17-18-15(21-14)13-10-19-11-5-3-4-6-12(11)20-13/h3-6,13,16H,2,7-10H2,1H3. The van der Waals surface area contributed by atoms with Gasteiger partial charge < -0.3 is 14.8 Å². The van der Waals surface area contributed by atoms with Gasteiger partial charge in [-0.05, 0) is 25.1 Å². The summed E-state index contributed by atoms with van der Waals surface area (Å²) in [5, 5.41) is 13.8. The highest BCUT2D eigenvalue weighted by Gasteiger charge is 2.25. The lowest BCUT2D eigenvalue weighted by molar-refractivity contribution is 0.0906. The van der Waals surface area contributed by atoms with E-state index in [2.05, 4.69) is 22.4 Å². The maximum Gasteiger partial charge on any atom is 0.186 e. The van der Waals surface area contributed by atoms with E-state index in [0.717, 1.165) is 47.4 Å². The number of fused-ring (bicyclic) bond motifs is 1. The van der Waals surface area contributed by atoms with Gasteiger partial charge in [-0.15, -0.1) is 10.2 Å². The molecule has 1 aromatic carbocycles. The normalized spacial score (nSPS) is 16.9. The Morgan fingerprint density at radius 3 is 2.95 bits per heavy atom. The number of hydrogen-bond acceptors (Lipinski definition) is 6. The van der Waals surface area contributed by atoms with Crippen LogP contribution < -0.4 is 14.8 Å². The van der Waals surface area contributed by atoms with Crippen LogP contribution in [0.1, 0.15) is 29.5 Å². The second-order valence-corrected chi connectivity index (χ2v) is 5.99. The smallest absolute Gasteiger partial charge is 0.186 e. The van der Waals surface area contributed by atoms with Crippen LogP contribution in [0.3, 0.4) is 0 Å². The molecular formula is C15H19N3O2S. The van der Waals surface area contributed by atoms with Crippen LogP contribution >= 0.6 is 11.3 Å². The van der Waals surface area contributed by atoms with Crippen molar-refractivity contribution in [2.75, 3.05) is 19.7 Å². The number of nitrogens with zero attached hydrogens (tertiary/aromatic N) is 2. The first kappa shape index (κ1) is 14.3. The van der Waals surface area contributed by atoms with Gasteiger partial charge >= 0.3 is 0 Å². The molecule has 0 bridgehead atoms. The molecule has 1 aliphatic heterocycles. The van der Waals surface area contributed by atoms with Crippen LogP contribution in [0.2, 0.25) is 0 Å². The number of rotatable bonds is 6. The van der Waals surface area contributed by atoms with Crippen LogP contribution in [-0.4, -0.2) is 29.9 Å². The molecule has 21 heavy (non-hydrogen) atoms. The Kier molecular flexibility index (Phi) is 4.67. The summed E-state index contributed by atoms with van der Waals surface area (Å²) in [6.45, 7) is 4.63. The molecule has 2 aromatic rings. The summed E-state index contributed by atoms with van der Waals surface area (Å²) in [5.74, 6) is 1.57. The molecule has 0 amide bonds. The van der Waals surface area contributed by atoms with Crippen LogP contribution in [0.4, 0.5) is 0 Å². The van der Waals surface area contributed by atoms with Crippen molar-refractivity contribution >= 4 is 11.3 Å². The second kappa shape index (κ2) is 6.87. The molecule has 3 rings (SSSR count). The van der Waals surface area contributed by atoms with Crippen LogP contribution in [0, 0.1) is 0 Å². The third-order valence-electron chi connectivity index (χ3n) is 3.21. The number of hydrogen-bond donors (Lipinski definition) is 1. The van der Waals surface area contributed by atoms with E-state index in [-0.39, 0.29) is 6.10 Å². The fourth-order valence-electron chi connectivity index (χ4n) is 2.14. The van der Waals surface area contributed by atoms with Crippen LogP contribution in [-0.2, 0) is 6.42 Å². The molecule has 0 saturated heterocycles. The van der Waals surface area contributed by atoms with Gasteiger partial charge in [-0.2, -0.15) is 0 Å². The maximum absolute atomic E-state index is 5.94. The molecule has 2 heterocycles. The summed E-state index contributed by atoms with van der Waals surface area (Å²) < 4.78 is 11.7. The Labute approximate surface area is 128 Å². The molecule has 1 N–H and O–H groups in total. The second-order valence-electron chi connectivity index (χ2n) is 4.90. The van der Waals surface area contributed by atoms with E-state index in [9.17, 15) is 0 Å². The molecule has 1 aliphatic rings. The fourth-order valence-corrected chi connectivity index (χ4v) is 2.99. The van der Waals surface area contributed by atoms with Crippen molar-refractivity contribution in [2.45, 2.75) is 25.9 Å². The SMILES string of the molecule is CCCNCCc1nnc(C2COc3ccccc3O2)s1. The fraction of sp³-hybridized carbons (Fsp3) is 0.467. The van der Waals surface area contributed by atoms with E-state index >= 15 is 0 Å². The Hall–Kier alpha value is -1.66. The molecular weight excluding hydrogens is 286 g/mol. The molecule has 0 fully saturated rings. The molecule has 0 saturated carbocycles. The maximum atomic E-state index is 5.94. The third kappa shape index (κ3) is 3.51. The summed E-state index contributed by atoms with van der Waals surface area (Å²) in [6.07, 6.45) is 1.89. The minimum atomic E-state index is -0.158. The van der Waals surface area contributed by atoms with Crippen molar-refractivity contribution in [3.05, 3.63) is 34.3 Å². The first-order valence-electron chi connectivity index (χ1n) is 7.28. The van der Waals surface area contributed by atoms with Crippen molar-refractivity contribution in [3.8, 4) is 11.5 Å². The van der Waals surface area contributed by atoms with Gasteiger partial charge in [0.2, 0.25) is 0 Å². The summed E-state index contributed by atoms with van der Waals surface area (Å²) in [5.41, 5.74) is 0. The Morgan fingerprint density at radius 1 is 1.24 bits per heavy atom. The predicted molar refractivity (Wildman–Crippen MR) is 82.1 cm³/mol. The topological polar surface area (TPSA) is 56.3 Å². The highest BCUT2D eigenvalue weighted by Crippen LogP contribution is 2.36. The number of benzene rings is 1. The van der Waals surface area contributed by atoms with Gasteiger partial charge in [0, 0.05) is 13.0 Å². The van der Waals surface area contributed by atoms with Crippen molar-refractivity contribution < 1.29 is 9.47 Å². The van der Waals surface area contributed by atoms with Gasteiger partial charge in [-0.3, -0.25) is 0 Å². The van der Waals surface area contributed by atoms with Crippen molar-refractivity contribution in [1.29, 1.82) is 0 Å². The summed E-state index contributed by atoms with van der Waals surface area (Å²) >= 11 is 1.60. The van der Waals surface area contributed by atoms with Crippen molar-refractivity contribution in [3.63, 3.8) is 0 Å². The summed E-state index contributed by atoms with van der Waals surface area (Å²) in [6, 6.07) is 7.71. The minimum absolute atomic E-state index is 0.158. The molecule has 0 radical (unpaired) electrons. The van der Waals surface area contributed by atoms with E-state index in [4.69, 9.17) is 9.47 Å². The molecule has 112 valence electrons. The van der Waals surface area contributed by atoms with E-state index in [0.29, 0.717) is 6.61 Å². The van der Waals surface area contributed by atoms with E-state index in [1.165, 1.54) is 0 Å². The number of nitrogens with one attached hydrogen (secondary N) is 1. The predicted octanol–water partition coefficient (Wildman–Crippen LogP) is 2.59. The molecule has 0 aliphatic carbocycles. The van der Waals surface area contributed by atoms with Gasteiger partial charge in [0.05, 0.1) is 0 Å². The van der Waals surface area contributed by atoms with E-state index < -0.39 is 0 Å². The monoisotopic (exact) mass is 305 g/mol. The van der Waals surface area contributed by atoms with E-state index in [1.807, 2.05) is 24.3 Å². The Balaban J connectivity index is 1.59. The van der Waals surface area contributed by atoms with Gasteiger partial charge in [-0.25, -0.2) is 0 Å². The van der Waals surface area contributed by atoms with Crippen molar-refractivity contribution in [1.82, 2.24) is 15.5 Å². The van der Waals surface area contributed by atoms with Gasteiger partial charge in [-0.1, -0.05) is 30.4 Å². The lowest BCUT2D eigenvalue weighted by Gasteiger charge is -2.24. The first-order chi connectivity index (χ1) is 10.4. The van der Waals surface area contributed by atoms with Gasteiger partial charge in [0.15, 0.2) is 22.6 Å². The summed E-state index contributed by atoms with van der Waals surface area (Å²) in [4.78, 5) is 0. The van der Waals surface area contributed by atoms with E-state index in [1.54, 1.807) is 11.3 Å². The number of aromatic nitrogens is 2. The largest absolute Gasteiger partial charge is 0.485 e.